The van der Waals surface area contributed by atoms with Crippen LogP contribution in [-0.4, -0.2) is 44.6 Å². The molecule has 154 valence electrons. The zero-order valence-electron chi connectivity index (χ0n) is 16.7. The van der Waals surface area contributed by atoms with Gasteiger partial charge in [-0.3, -0.25) is 14.4 Å². The van der Waals surface area contributed by atoms with Crippen LogP contribution in [0.15, 0.2) is 48.5 Å². The van der Waals surface area contributed by atoms with Gasteiger partial charge in [0.25, 0.3) is 11.8 Å². The molecule has 0 fully saturated rings. The monoisotopic (exact) mass is 398 g/mol. The van der Waals surface area contributed by atoms with Gasteiger partial charge in [-0.25, -0.2) is 0 Å². The van der Waals surface area contributed by atoms with Crippen LogP contribution in [0.3, 0.4) is 0 Å². The number of carbonyl (C=O) groups is 3. The number of carbonyl (C=O) groups excluding carboxylic acids is 3. The Morgan fingerprint density at radius 2 is 1.66 bits per heavy atom. The van der Waals surface area contributed by atoms with Crippen molar-refractivity contribution in [1.82, 2.24) is 10.6 Å². The Kier molecular flexibility index (Phi) is 8.69. The number of benzene rings is 2. The summed E-state index contributed by atoms with van der Waals surface area (Å²) in [7, 11) is 1.61. The highest BCUT2D eigenvalue weighted by Crippen LogP contribution is 2.11. The minimum atomic E-state index is -0.541. The molecule has 0 aromatic heterocycles. The third-order valence-corrected chi connectivity index (χ3v) is 4.26. The molecule has 0 heterocycles. The van der Waals surface area contributed by atoms with Crippen molar-refractivity contribution in [2.75, 3.05) is 26.8 Å². The molecule has 0 aliphatic rings. The summed E-state index contributed by atoms with van der Waals surface area (Å²) < 4.78 is 10.0. The first-order valence-electron chi connectivity index (χ1n) is 9.38. The first-order chi connectivity index (χ1) is 14.0. The molecule has 29 heavy (non-hydrogen) atoms. The minimum Gasteiger partial charge on any atom is -0.497 e. The first-order valence-corrected chi connectivity index (χ1v) is 9.38. The molecule has 2 amide bonds. The van der Waals surface area contributed by atoms with E-state index in [1.165, 1.54) is 0 Å². The fraction of sp³-hybridized carbons (Fsp3) is 0.318. The standard InChI is InChI=1S/C22H26N2O5/c1-16-5-3-4-6-19(16)22(27)24-14-12-21(26)29-15-20(25)23-13-11-17-7-9-18(28-2)10-8-17/h3-10H,11-15H2,1-2H3,(H,23,25)(H,24,27). The topological polar surface area (TPSA) is 93.7 Å². The smallest absolute Gasteiger partial charge is 0.308 e. The molecule has 2 aromatic rings. The molecule has 0 saturated carbocycles. The van der Waals surface area contributed by atoms with Crippen LogP contribution in [0, 0.1) is 6.92 Å². The fourth-order valence-corrected chi connectivity index (χ4v) is 2.61. The van der Waals surface area contributed by atoms with Gasteiger partial charge in [0.05, 0.1) is 13.5 Å². The zero-order valence-corrected chi connectivity index (χ0v) is 16.7. The second-order valence-electron chi connectivity index (χ2n) is 6.43. The Labute approximate surface area is 170 Å². The highest BCUT2D eigenvalue weighted by Gasteiger charge is 2.10. The molecule has 0 aliphatic heterocycles. The first kappa shape index (κ1) is 21.9. The van der Waals surface area contributed by atoms with Crippen LogP contribution in [0.1, 0.15) is 27.9 Å². The number of rotatable bonds is 10. The summed E-state index contributed by atoms with van der Waals surface area (Å²) in [6.07, 6.45) is 0.658. The van der Waals surface area contributed by atoms with E-state index in [0.29, 0.717) is 18.5 Å². The van der Waals surface area contributed by atoms with E-state index in [2.05, 4.69) is 10.6 Å². The van der Waals surface area contributed by atoms with Crippen LogP contribution in [0.4, 0.5) is 0 Å². The summed E-state index contributed by atoms with van der Waals surface area (Å²) in [5, 5.41) is 5.37. The van der Waals surface area contributed by atoms with Gasteiger partial charge in [0, 0.05) is 18.7 Å². The lowest BCUT2D eigenvalue weighted by Crippen LogP contribution is -2.31. The van der Waals surface area contributed by atoms with Crippen LogP contribution in [0.25, 0.3) is 0 Å². The summed E-state index contributed by atoms with van der Waals surface area (Å²) in [5.41, 5.74) is 2.49. The Bertz CT molecular complexity index is 833. The molecule has 0 unspecified atom stereocenters. The predicted octanol–water partition coefficient (Wildman–Crippen LogP) is 2.03. The second-order valence-corrected chi connectivity index (χ2v) is 6.43. The number of aryl methyl sites for hydroxylation is 1. The van der Waals surface area contributed by atoms with E-state index in [4.69, 9.17) is 9.47 Å². The van der Waals surface area contributed by atoms with E-state index in [1.807, 2.05) is 43.3 Å². The molecular weight excluding hydrogens is 372 g/mol. The van der Waals surface area contributed by atoms with Crippen molar-refractivity contribution in [3.8, 4) is 5.75 Å². The average molecular weight is 398 g/mol. The summed E-state index contributed by atoms with van der Waals surface area (Å²) in [5.74, 6) is -0.372. The Balaban J connectivity index is 1.58. The van der Waals surface area contributed by atoms with E-state index < -0.39 is 5.97 Å². The molecule has 0 radical (unpaired) electrons. The number of nitrogens with one attached hydrogen (secondary N) is 2. The van der Waals surface area contributed by atoms with Crippen molar-refractivity contribution in [3.63, 3.8) is 0 Å². The van der Waals surface area contributed by atoms with Gasteiger partial charge in [-0.05, 0) is 42.7 Å². The number of hydrogen-bond donors (Lipinski definition) is 2. The van der Waals surface area contributed by atoms with Gasteiger partial charge in [-0.1, -0.05) is 30.3 Å². The van der Waals surface area contributed by atoms with E-state index in [9.17, 15) is 14.4 Å². The van der Waals surface area contributed by atoms with Crippen LogP contribution in [-0.2, 0) is 20.7 Å². The Morgan fingerprint density at radius 3 is 2.34 bits per heavy atom. The molecule has 0 bridgehead atoms. The van der Waals surface area contributed by atoms with E-state index in [1.54, 1.807) is 19.2 Å². The Morgan fingerprint density at radius 1 is 0.931 bits per heavy atom. The number of amides is 2. The van der Waals surface area contributed by atoms with Crippen LogP contribution < -0.4 is 15.4 Å². The SMILES string of the molecule is COc1ccc(CCNC(=O)COC(=O)CCNC(=O)c2ccccc2C)cc1. The summed E-state index contributed by atoms with van der Waals surface area (Å²) in [6.45, 7) is 2.09. The average Bonchev–Trinajstić information content (AvgIpc) is 2.73. The lowest BCUT2D eigenvalue weighted by Gasteiger charge is -2.09. The molecule has 2 N–H and O–H groups in total. The quantitative estimate of drug-likeness (QED) is 0.597. The number of methoxy groups -OCH3 is 1. The van der Waals surface area contributed by atoms with Crippen LogP contribution >= 0.6 is 0 Å². The number of esters is 1. The lowest BCUT2D eigenvalue weighted by molar-refractivity contribution is -0.148. The van der Waals surface area contributed by atoms with Gasteiger partial charge in [-0.2, -0.15) is 0 Å². The van der Waals surface area contributed by atoms with Gasteiger partial charge in [0.15, 0.2) is 6.61 Å². The van der Waals surface area contributed by atoms with Gasteiger partial charge < -0.3 is 20.1 Å². The normalized spacial score (nSPS) is 10.1. The highest BCUT2D eigenvalue weighted by molar-refractivity contribution is 5.95. The van der Waals surface area contributed by atoms with Crippen molar-refractivity contribution in [2.24, 2.45) is 0 Å². The largest absolute Gasteiger partial charge is 0.497 e. The van der Waals surface area contributed by atoms with E-state index in [-0.39, 0.29) is 31.4 Å². The second kappa shape index (κ2) is 11.5. The van der Waals surface area contributed by atoms with Crippen molar-refractivity contribution in [2.45, 2.75) is 19.8 Å². The van der Waals surface area contributed by atoms with Gasteiger partial charge in [0.1, 0.15) is 5.75 Å². The van der Waals surface area contributed by atoms with Crippen molar-refractivity contribution >= 4 is 17.8 Å². The lowest BCUT2D eigenvalue weighted by atomic mass is 10.1. The van der Waals surface area contributed by atoms with E-state index >= 15 is 0 Å². The Hall–Kier alpha value is -3.35. The zero-order chi connectivity index (χ0) is 21.1. The summed E-state index contributed by atoms with van der Waals surface area (Å²) >= 11 is 0. The minimum absolute atomic E-state index is 0.00322. The maximum Gasteiger partial charge on any atom is 0.308 e. The van der Waals surface area contributed by atoms with Crippen molar-refractivity contribution in [1.29, 1.82) is 0 Å². The molecule has 7 nitrogen and oxygen atoms in total. The number of hydrogen-bond acceptors (Lipinski definition) is 5. The molecular formula is C22H26N2O5. The molecule has 2 rings (SSSR count). The van der Waals surface area contributed by atoms with Crippen molar-refractivity contribution in [3.05, 3.63) is 65.2 Å². The molecule has 7 heteroatoms. The van der Waals surface area contributed by atoms with Gasteiger partial charge in [0.2, 0.25) is 0 Å². The third-order valence-electron chi connectivity index (χ3n) is 4.26. The van der Waals surface area contributed by atoms with Crippen LogP contribution in [0.2, 0.25) is 0 Å². The fourth-order valence-electron chi connectivity index (χ4n) is 2.61. The van der Waals surface area contributed by atoms with Crippen LogP contribution in [0.5, 0.6) is 5.75 Å². The molecule has 0 saturated heterocycles. The predicted molar refractivity (Wildman–Crippen MR) is 109 cm³/mol. The maximum atomic E-state index is 12.0. The highest BCUT2D eigenvalue weighted by atomic mass is 16.5. The molecule has 0 aliphatic carbocycles. The van der Waals surface area contributed by atoms with Crippen molar-refractivity contribution < 1.29 is 23.9 Å². The summed E-state index contributed by atoms with van der Waals surface area (Å²) in [6, 6.07) is 14.8. The van der Waals surface area contributed by atoms with Gasteiger partial charge in [-0.15, -0.1) is 0 Å². The molecule has 0 atom stereocenters. The van der Waals surface area contributed by atoms with Gasteiger partial charge >= 0.3 is 5.97 Å². The van der Waals surface area contributed by atoms with E-state index in [0.717, 1.165) is 16.9 Å². The summed E-state index contributed by atoms with van der Waals surface area (Å²) in [4.78, 5) is 35.5. The number of ether oxygens (including phenoxy) is 2. The third kappa shape index (κ3) is 7.65. The maximum absolute atomic E-state index is 12.0. The molecule has 0 spiro atoms. The molecule has 2 aromatic carbocycles.